The normalized spacial score (nSPS) is 17.8. The summed E-state index contributed by atoms with van der Waals surface area (Å²) < 4.78 is 7.73. The van der Waals surface area contributed by atoms with Gasteiger partial charge in [-0.3, -0.25) is 0 Å². The number of nitrogens with zero attached hydrogens (tertiary/aromatic N) is 2. The van der Waals surface area contributed by atoms with Crippen LogP contribution in [0.15, 0.2) is 30.6 Å². The zero-order valence-electron chi connectivity index (χ0n) is 10.5. The Morgan fingerprint density at radius 2 is 2.39 bits per heavy atom. The standard InChI is InChI=1S/C14H17N3O/c1-17-7-6-16-14(17)9-18-11-3-4-12-10(8-11)2-5-13(12)15/h3-4,6-8,13H,2,5,9,15H2,1H3. The van der Waals surface area contributed by atoms with Crippen molar-refractivity contribution in [3.63, 3.8) is 0 Å². The Hall–Kier alpha value is -1.81. The molecular weight excluding hydrogens is 226 g/mol. The van der Waals surface area contributed by atoms with Crippen LogP contribution in [0.4, 0.5) is 0 Å². The van der Waals surface area contributed by atoms with Gasteiger partial charge in [-0.25, -0.2) is 4.98 Å². The lowest BCUT2D eigenvalue weighted by Gasteiger charge is -2.09. The number of ether oxygens (including phenoxy) is 1. The van der Waals surface area contributed by atoms with E-state index in [-0.39, 0.29) is 6.04 Å². The van der Waals surface area contributed by atoms with Crippen molar-refractivity contribution >= 4 is 0 Å². The molecule has 1 aromatic carbocycles. The van der Waals surface area contributed by atoms with Crippen LogP contribution in [0.1, 0.15) is 29.4 Å². The molecule has 18 heavy (non-hydrogen) atoms. The van der Waals surface area contributed by atoms with Gasteiger partial charge in [-0.05, 0) is 36.1 Å². The Balaban J connectivity index is 1.73. The summed E-state index contributed by atoms with van der Waals surface area (Å²) >= 11 is 0. The highest BCUT2D eigenvalue weighted by Crippen LogP contribution is 2.31. The molecule has 1 aromatic heterocycles. The van der Waals surface area contributed by atoms with E-state index in [1.54, 1.807) is 6.20 Å². The first kappa shape index (κ1) is 11.3. The SMILES string of the molecule is Cn1ccnc1COc1ccc2c(c1)CCC2N. The molecule has 2 aromatic rings. The summed E-state index contributed by atoms with van der Waals surface area (Å²) in [6.07, 6.45) is 5.79. The summed E-state index contributed by atoms with van der Waals surface area (Å²) in [5, 5.41) is 0. The minimum atomic E-state index is 0.198. The minimum absolute atomic E-state index is 0.198. The van der Waals surface area contributed by atoms with E-state index in [0.717, 1.165) is 24.4 Å². The van der Waals surface area contributed by atoms with Gasteiger partial charge in [-0.15, -0.1) is 0 Å². The van der Waals surface area contributed by atoms with Crippen LogP contribution >= 0.6 is 0 Å². The Labute approximate surface area is 106 Å². The number of imidazole rings is 1. The monoisotopic (exact) mass is 243 g/mol. The fourth-order valence-corrected chi connectivity index (χ4v) is 2.40. The maximum absolute atomic E-state index is 6.01. The number of hydrogen-bond donors (Lipinski definition) is 1. The van der Waals surface area contributed by atoms with Crippen molar-refractivity contribution in [1.82, 2.24) is 9.55 Å². The number of benzene rings is 1. The molecule has 1 aliphatic carbocycles. The van der Waals surface area contributed by atoms with Crippen molar-refractivity contribution in [1.29, 1.82) is 0 Å². The van der Waals surface area contributed by atoms with E-state index in [2.05, 4.69) is 17.1 Å². The molecule has 0 saturated heterocycles. The van der Waals surface area contributed by atoms with E-state index < -0.39 is 0 Å². The van der Waals surface area contributed by atoms with E-state index in [9.17, 15) is 0 Å². The van der Waals surface area contributed by atoms with Crippen LogP contribution in [0.5, 0.6) is 5.75 Å². The summed E-state index contributed by atoms with van der Waals surface area (Å²) in [6.45, 7) is 0.494. The first-order chi connectivity index (χ1) is 8.74. The second-order valence-corrected chi connectivity index (χ2v) is 4.75. The molecule has 1 heterocycles. The molecule has 4 nitrogen and oxygen atoms in total. The molecule has 0 fully saturated rings. The molecule has 1 atom stereocenters. The lowest BCUT2D eigenvalue weighted by molar-refractivity contribution is 0.291. The molecule has 1 unspecified atom stereocenters. The van der Waals surface area contributed by atoms with E-state index in [4.69, 9.17) is 10.5 Å². The van der Waals surface area contributed by atoms with E-state index >= 15 is 0 Å². The number of fused-ring (bicyclic) bond motifs is 1. The zero-order chi connectivity index (χ0) is 12.5. The Bertz CT molecular complexity index is 562. The molecule has 0 saturated carbocycles. The van der Waals surface area contributed by atoms with Gasteiger partial charge in [0.15, 0.2) is 0 Å². The molecular formula is C14H17N3O. The molecule has 0 amide bonds. The van der Waals surface area contributed by atoms with Gasteiger partial charge < -0.3 is 15.0 Å². The third-order valence-electron chi connectivity index (χ3n) is 3.53. The fraction of sp³-hybridized carbons (Fsp3) is 0.357. The van der Waals surface area contributed by atoms with Crippen LogP contribution in [0, 0.1) is 0 Å². The van der Waals surface area contributed by atoms with Crippen LogP contribution in [0.3, 0.4) is 0 Å². The van der Waals surface area contributed by atoms with Crippen LogP contribution in [-0.2, 0) is 20.1 Å². The average molecular weight is 243 g/mol. The highest BCUT2D eigenvalue weighted by molar-refractivity contribution is 5.40. The third kappa shape index (κ3) is 1.99. The molecule has 0 radical (unpaired) electrons. The summed E-state index contributed by atoms with van der Waals surface area (Å²) in [5.74, 6) is 1.82. The molecule has 2 N–H and O–H groups in total. The summed E-state index contributed by atoms with van der Waals surface area (Å²) in [5.41, 5.74) is 8.60. The van der Waals surface area contributed by atoms with Gasteiger partial charge in [-0.2, -0.15) is 0 Å². The van der Waals surface area contributed by atoms with Gasteiger partial charge in [0.25, 0.3) is 0 Å². The van der Waals surface area contributed by atoms with Gasteiger partial charge in [0.1, 0.15) is 18.2 Å². The van der Waals surface area contributed by atoms with Crippen molar-refractivity contribution in [3.8, 4) is 5.75 Å². The highest BCUT2D eigenvalue weighted by atomic mass is 16.5. The Morgan fingerprint density at radius 3 is 3.17 bits per heavy atom. The lowest BCUT2D eigenvalue weighted by Crippen LogP contribution is -2.05. The Morgan fingerprint density at radius 1 is 1.50 bits per heavy atom. The summed E-state index contributed by atoms with van der Waals surface area (Å²) in [4.78, 5) is 4.23. The van der Waals surface area contributed by atoms with Crippen molar-refractivity contribution in [2.75, 3.05) is 0 Å². The number of rotatable bonds is 3. The average Bonchev–Trinajstić information content (AvgIpc) is 2.94. The second kappa shape index (κ2) is 4.46. The van der Waals surface area contributed by atoms with Crippen molar-refractivity contribution < 1.29 is 4.74 Å². The molecule has 4 heteroatoms. The molecule has 1 aliphatic rings. The van der Waals surface area contributed by atoms with Crippen molar-refractivity contribution in [2.24, 2.45) is 12.8 Å². The molecule has 0 spiro atoms. The topological polar surface area (TPSA) is 53.1 Å². The smallest absolute Gasteiger partial charge is 0.146 e. The van der Waals surface area contributed by atoms with Gasteiger partial charge >= 0.3 is 0 Å². The highest BCUT2D eigenvalue weighted by Gasteiger charge is 2.19. The zero-order valence-corrected chi connectivity index (χ0v) is 10.5. The fourth-order valence-electron chi connectivity index (χ4n) is 2.40. The summed E-state index contributed by atoms with van der Waals surface area (Å²) in [6, 6.07) is 6.38. The molecule has 0 bridgehead atoms. The first-order valence-electron chi connectivity index (χ1n) is 6.21. The molecule has 0 aliphatic heterocycles. The minimum Gasteiger partial charge on any atom is -0.486 e. The predicted molar refractivity (Wildman–Crippen MR) is 69.2 cm³/mol. The third-order valence-corrected chi connectivity index (χ3v) is 3.53. The quantitative estimate of drug-likeness (QED) is 0.896. The number of nitrogens with two attached hydrogens (primary N) is 1. The van der Waals surface area contributed by atoms with Gasteiger partial charge in [0.05, 0.1) is 0 Å². The Kier molecular flexibility index (Phi) is 2.80. The lowest BCUT2D eigenvalue weighted by atomic mass is 10.1. The number of aryl methyl sites for hydroxylation is 2. The molecule has 3 rings (SSSR count). The van der Waals surface area contributed by atoms with E-state index in [1.807, 2.05) is 23.9 Å². The summed E-state index contributed by atoms with van der Waals surface area (Å²) in [7, 11) is 1.97. The van der Waals surface area contributed by atoms with Crippen LogP contribution in [-0.4, -0.2) is 9.55 Å². The predicted octanol–water partition coefficient (Wildman–Crippen LogP) is 1.95. The van der Waals surface area contributed by atoms with Crippen molar-refractivity contribution in [3.05, 3.63) is 47.5 Å². The van der Waals surface area contributed by atoms with Crippen LogP contribution < -0.4 is 10.5 Å². The van der Waals surface area contributed by atoms with Gasteiger partial charge in [0, 0.05) is 25.5 Å². The van der Waals surface area contributed by atoms with Gasteiger partial charge in [-0.1, -0.05) is 6.07 Å². The van der Waals surface area contributed by atoms with E-state index in [0.29, 0.717) is 6.61 Å². The largest absolute Gasteiger partial charge is 0.486 e. The molecule has 94 valence electrons. The second-order valence-electron chi connectivity index (χ2n) is 4.75. The van der Waals surface area contributed by atoms with Crippen LogP contribution in [0.25, 0.3) is 0 Å². The van der Waals surface area contributed by atoms with Crippen LogP contribution in [0.2, 0.25) is 0 Å². The number of aromatic nitrogens is 2. The van der Waals surface area contributed by atoms with Crippen molar-refractivity contribution in [2.45, 2.75) is 25.5 Å². The maximum atomic E-state index is 6.01. The van der Waals surface area contributed by atoms with E-state index in [1.165, 1.54) is 11.1 Å². The van der Waals surface area contributed by atoms with Gasteiger partial charge in [0.2, 0.25) is 0 Å². The first-order valence-corrected chi connectivity index (χ1v) is 6.21. The maximum Gasteiger partial charge on any atom is 0.146 e. The number of hydrogen-bond acceptors (Lipinski definition) is 3.